The van der Waals surface area contributed by atoms with Crippen molar-refractivity contribution in [2.75, 3.05) is 0 Å². The first-order chi connectivity index (χ1) is 13.8. The molecule has 154 valence electrons. The van der Waals surface area contributed by atoms with E-state index in [0.717, 1.165) is 61.1 Å². The summed E-state index contributed by atoms with van der Waals surface area (Å²) in [6.07, 6.45) is 11.3. The van der Waals surface area contributed by atoms with Gasteiger partial charge in [-0.05, 0) is 97.5 Å². The first-order valence-corrected chi connectivity index (χ1v) is 11.6. The monoisotopic (exact) mass is 410 g/mol. The molecule has 0 bridgehead atoms. The van der Waals surface area contributed by atoms with Gasteiger partial charge in [-0.2, -0.15) is 0 Å². The first kappa shape index (κ1) is 19.6. The lowest BCUT2D eigenvalue weighted by atomic mass is 9.48. The van der Waals surface area contributed by atoms with Gasteiger partial charge in [0.1, 0.15) is 0 Å². The molecule has 6 atom stereocenters. The number of rotatable bonds is 1. The number of Topliss-reactive ketones (excluding diaryl/α,β-unsaturated/α-hetero) is 1. The van der Waals surface area contributed by atoms with E-state index in [1.807, 2.05) is 24.3 Å². The summed E-state index contributed by atoms with van der Waals surface area (Å²) in [5.74, 6) is 2.04. The standard InChI is InChI=1S/C26H31ClO2/c1-25-11-9-20(28)15-18(25)5-8-21-22(25)10-12-26(2)23(21)14-17(24(26)29)13-16-3-6-19(27)7-4-16/h3-7,13,20-23,28H,8-12,14-15H2,1-2H3/b17-13+/t20-,21+,22-,23+,25+,26+/m0/s1. The summed E-state index contributed by atoms with van der Waals surface area (Å²) in [4.78, 5) is 13.5. The average Bonchev–Trinajstić information content (AvgIpc) is 2.95. The van der Waals surface area contributed by atoms with Crippen LogP contribution in [0.3, 0.4) is 0 Å². The zero-order valence-electron chi connectivity index (χ0n) is 17.5. The number of aliphatic hydroxyl groups is 1. The van der Waals surface area contributed by atoms with Crippen molar-refractivity contribution < 1.29 is 9.90 Å². The predicted molar refractivity (Wildman–Crippen MR) is 118 cm³/mol. The molecular formula is C26H31ClO2. The van der Waals surface area contributed by atoms with Crippen molar-refractivity contribution in [1.82, 2.24) is 0 Å². The molecule has 1 aromatic carbocycles. The van der Waals surface area contributed by atoms with Crippen molar-refractivity contribution >= 4 is 23.5 Å². The van der Waals surface area contributed by atoms with Crippen LogP contribution < -0.4 is 0 Å². The van der Waals surface area contributed by atoms with Gasteiger partial charge in [0, 0.05) is 10.4 Å². The Kier molecular flexibility index (Phi) is 4.60. The van der Waals surface area contributed by atoms with Gasteiger partial charge in [-0.1, -0.05) is 49.2 Å². The van der Waals surface area contributed by atoms with Gasteiger partial charge >= 0.3 is 0 Å². The minimum absolute atomic E-state index is 0.165. The molecule has 3 fully saturated rings. The number of aliphatic hydroxyl groups excluding tert-OH is 1. The Labute approximate surface area is 179 Å². The highest BCUT2D eigenvalue weighted by Crippen LogP contribution is 2.64. The fraction of sp³-hybridized carbons (Fsp3) is 0.577. The van der Waals surface area contributed by atoms with Crippen molar-refractivity contribution in [1.29, 1.82) is 0 Å². The minimum atomic E-state index is -0.213. The highest BCUT2D eigenvalue weighted by Gasteiger charge is 2.59. The number of carbonyl (C=O) groups excluding carboxylic acids is 1. The Hall–Kier alpha value is -1.38. The lowest BCUT2D eigenvalue weighted by molar-refractivity contribution is -0.130. The molecule has 0 spiro atoms. The molecule has 2 nitrogen and oxygen atoms in total. The summed E-state index contributed by atoms with van der Waals surface area (Å²) in [6.45, 7) is 4.66. The van der Waals surface area contributed by atoms with E-state index >= 15 is 0 Å². The van der Waals surface area contributed by atoms with Gasteiger partial charge in [0.15, 0.2) is 5.78 Å². The fourth-order valence-corrected chi connectivity index (χ4v) is 7.33. The lowest BCUT2D eigenvalue weighted by Gasteiger charge is -2.56. The topological polar surface area (TPSA) is 37.3 Å². The Morgan fingerprint density at radius 3 is 2.52 bits per heavy atom. The van der Waals surface area contributed by atoms with Crippen molar-refractivity contribution in [3.63, 3.8) is 0 Å². The van der Waals surface area contributed by atoms with Crippen LogP contribution in [-0.4, -0.2) is 17.0 Å². The molecule has 0 saturated heterocycles. The fourth-order valence-electron chi connectivity index (χ4n) is 7.20. The maximum Gasteiger partial charge on any atom is 0.165 e. The van der Waals surface area contributed by atoms with E-state index in [1.54, 1.807) is 0 Å². The molecule has 0 heterocycles. The third kappa shape index (κ3) is 2.98. The van der Waals surface area contributed by atoms with Gasteiger partial charge in [-0.25, -0.2) is 0 Å². The quantitative estimate of drug-likeness (QED) is 0.440. The third-order valence-corrected chi connectivity index (χ3v) is 9.18. The maximum atomic E-state index is 13.5. The van der Waals surface area contributed by atoms with Crippen LogP contribution in [0.15, 0.2) is 41.5 Å². The van der Waals surface area contributed by atoms with Crippen molar-refractivity contribution in [2.24, 2.45) is 28.6 Å². The summed E-state index contributed by atoms with van der Waals surface area (Å²) in [5, 5.41) is 10.9. The van der Waals surface area contributed by atoms with Crippen LogP contribution in [0.4, 0.5) is 0 Å². The normalized spacial score (nSPS) is 42.8. The second kappa shape index (κ2) is 6.82. The van der Waals surface area contributed by atoms with Crippen LogP contribution in [-0.2, 0) is 4.79 Å². The predicted octanol–water partition coefficient (Wildman–Crippen LogP) is 6.23. The van der Waals surface area contributed by atoms with E-state index in [2.05, 4.69) is 26.0 Å². The first-order valence-electron chi connectivity index (χ1n) is 11.2. The second-order valence-corrected chi connectivity index (χ2v) is 10.8. The lowest BCUT2D eigenvalue weighted by Crippen LogP contribution is -2.50. The molecule has 0 aromatic heterocycles. The van der Waals surface area contributed by atoms with Crippen LogP contribution in [0.25, 0.3) is 6.08 Å². The van der Waals surface area contributed by atoms with E-state index < -0.39 is 0 Å². The van der Waals surface area contributed by atoms with E-state index in [1.165, 1.54) is 5.57 Å². The molecule has 5 rings (SSSR count). The minimum Gasteiger partial charge on any atom is -0.393 e. The van der Waals surface area contributed by atoms with Gasteiger partial charge in [-0.15, -0.1) is 0 Å². The van der Waals surface area contributed by atoms with Crippen LogP contribution in [0.5, 0.6) is 0 Å². The molecule has 29 heavy (non-hydrogen) atoms. The van der Waals surface area contributed by atoms with Gasteiger partial charge in [-0.3, -0.25) is 4.79 Å². The molecule has 1 N–H and O–H groups in total. The van der Waals surface area contributed by atoms with Crippen molar-refractivity contribution in [3.05, 3.63) is 52.1 Å². The van der Waals surface area contributed by atoms with Crippen LogP contribution in [0.1, 0.15) is 64.4 Å². The summed E-state index contributed by atoms with van der Waals surface area (Å²) < 4.78 is 0. The van der Waals surface area contributed by atoms with Crippen molar-refractivity contribution in [2.45, 2.75) is 64.9 Å². The Bertz CT molecular complexity index is 898. The third-order valence-electron chi connectivity index (χ3n) is 8.93. The number of ketones is 1. The van der Waals surface area contributed by atoms with Crippen LogP contribution in [0.2, 0.25) is 5.02 Å². The number of halogens is 1. The molecule has 4 aliphatic carbocycles. The molecule has 4 aliphatic rings. The van der Waals surface area contributed by atoms with Gasteiger partial charge in [0.2, 0.25) is 0 Å². The van der Waals surface area contributed by atoms with E-state index in [4.69, 9.17) is 11.6 Å². The van der Waals surface area contributed by atoms with E-state index in [-0.39, 0.29) is 16.9 Å². The number of hydrogen-bond acceptors (Lipinski definition) is 2. The maximum absolute atomic E-state index is 13.5. The van der Waals surface area contributed by atoms with Gasteiger partial charge < -0.3 is 5.11 Å². The Morgan fingerprint density at radius 1 is 1.03 bits per heavy atom. The molecule has 0 radical (unpaired) electrons. The second-order valence-electron chi connectivity index (χ2n) is 10.4. The molecular weight excluding hydrogens is 380 g/mol. The summed E-state index contributed by atoms with van der Waals surface area (Å²) >= 11 is 6.02. The number of benzene rings is 1. The Balaban J connectivity index is 1.47. The van der Waals surface area contributed by atoms with Gasteiger partial charge in [0.25, 0.3) is 0 Å². The van der Waals surface area contributed by atoms with E-state index in [9.17, 15) is 9.90 Å². The Morgan fingerprint density at radius 2 is 1.76 bits per heavy atom. The highest BCUT2D eigenvalue weighted by molar-refractivity contribution is 6.30. The number of allylic oxidation sites excluding steroid dienone is 2. The van der Waals surface area contributed by atoms with Crippen LogP contribution >= 0.6 is 11.6 Å². The zero-order valence-corrected chi connectivity index (χ0v) is 18.2. The summed E-state index contributed by atoms with van der Waals surface area (Å²) in [7, 11) is 0. The molecule has 0 unspecified atom stereocenters. The zero-order chi connectivity index (χ0) is 20.4. The highest BCUT2D eigenvalue weighted by atomic mass is 35.5. The molecule has 3 heteroatoms. The SMILES string of the molecule is C[C@@]12CC[C@H]3[C@@H](CC=C4C[C@@H](O)CC[C@]43C)[C@H]1C/C(=C\c1ccc(Cl)cc1)C2=O. The van der Waals surface area contributed by atoms with Crippen molar-refractivity contribution in [3.8, 4) is 0 Å². The summed E-state index contributed by atoms with van der Waals surface area (Å²) in [5.41, 5.74) is 3.56. The van der Waals surface area contributed by atoms with Gasteiger partial charge in [0.05, 0.1) is 6.10 Å². The van der Waals surface area contributed by atoms with Crippen LogP contribution in [0, 0.1) is 28.6 Å². The number of carbonyl (C=O) groups is 1. The largest absolute Gasteiger partial charge is 0.393 e. The smallest absolute Gasteiger partial charge is 0.165 e. The average molecular weight is 411 g/mol. The molecule has 1 aromatic rings. The number of hydrogen-bond donors (Lipinski definition) is 1. The molecule has 0 aliphatic heterocycles. The molecule has 3 saturated carbocycles. The number of fused-ring (bicyclic) bond motifs is 5. The van der Waals surface area contributed by atoms with E-state index in [0.29, 0.717) is 23.5 Å². The molecule has 0 amide bonds. The summed E-state index contributed by atoms with van der Waals surface area (Å²) in [6, 6.07) is 7.79.